The highest BCUT2D eigenvalue weighted by molar-refractivity contribution is 5.90. The van der Waals surface area contributed by atoms with Crippen LogP contribution in [0.4, 0.5) is 0 Å². The van der Waals surface area contributed by atoms with Gasteiger partial charge >= 0.3 is 17.9 Å². The first kappa shape index (κ1) is 22.5. The van der Waals surface area contributed by atoms with Gasteiger partial charge in [-0.15, -0.1) is 0 Å². The van der Waals surface area contributed by atoms with E-state index in [-0.39, 0.29) is 6.61 Å². The molecule has 2 heterocycles. The van der Waals surface area contributed by atoms with Crippen molar-refractivity contribution in [2.24, 2.45) is 4.99 Å². The number of rotatable bonds is 6. The zero-order chi connectivity index (χ0) is 23.4. The number of hydrogen-bond donors (Lipinski definition) is 0. The number of benzene rings is 2. The van der Waals surface area contributed by atoms with E-state index in [0.717, 1.165) is 0 Å². The van der Waals surface area contributed by atoms with E-state index in [0.29, 0.717) is 17.0 Å². The van der Waals surface area contributed by atoms with Gasteiger partial charge < -0.3 is 23.7 Å². The van der Waals surface area contributed by atoms with Crippen molar-refractivity contribution in [1.82, 2.24) is 0 Å². The SMILES string of the molecule is CC(=O)OC[C@H]1O[C@@H]2OC(C)=N[C@@H]2[C@@H](OC(=O)c2ccccc2)[C@@H]1OC(=O)c1ccccc1. The molecule has 1 saturated heterocycles. The van der Waals surface area contributed by atoms with E-state index >= 15 is 0 Å². The summed E-state index contributed by atoms with van der Waals surface area (Å²) in [5.41, 5.74) is 0.631. The topological polar surface area (TPSA) is 110 Å². The lowest BCUT2D eigenvalue weighted by Gasteiger charge is -2.41. The number of fused-ring (bicyclic) bond motifs is 1. The first-order valence-electron chi connectivity index (χ1n) is 10.4. The maximum atomic E-state index is 12.9. The van der Waals surface area contributed by atoms with Crippen molar-refractivity contribution in [2.45, 2.75) is 44.5 Å². The quantitative estimate of drug-likeness (QED) is 0.485. The minimum absolute atomic E-state index is 0.229. The lowest BCUT2D eigenvalue weighted by molar-refractivity contribution is -0.236. The van der Waals surface area contributed by atoms with Gasteiger partial charge in [-0.2, -0.15) is 0 Å². The summed E-state index contributed by atoms with van der Waals surface area (Å²) in [6.07, 6.45) is -3.98. The van der Waals surface area contributed by atoms with Crippen molar-refractivity contribution in [3.05, 3.63) is 71.8 Å². The van der Waals surface area contributed by atoms with Gasteiger partial charge in [0, 0.05) is 13.8 Å². The van der Waals surface area contributed by atoms with Crippen LogP contribution in [0.5, 0.6) is 0 Å². The van der Waals surface area contributed by atoms with Gasteiger partial charge in [-0.05, 0) is 24.3 Å². The molecule has 0 saturated carbocycles. The standard InChI is InChI=1S/C24H23NO8/c1-14-25-19-21(33-23(28)17-11-7-4-8-12-17)20(32-22(27)16-9-5-3-6-10-16)18(13-29-15(2)26)31-24(19)30-14/h3-12,18-21,24H,13H2,1-2H3/t18-,19-,20-,21-,24+/m1/s1. The molecule has 0 bridgehead atoms. The molecule has 2 aliphatic heterocycles. The summed E-state index contributed by atoms with van der Waals surface area (Å²) in [4.78, 5) is 41.6. The van der Waals surface area contributed by atoms with Crippen LogP contribution in [0.2, 0.25) is 0 Å². The lowest BCUT2D eigenvalue weighted by atomic mass is 9.96. The Morgan fingerprint density at radius 3 is 1.97 bits per heavy atom. The first-order valence-corrected chi connectivity index (χ1v) is 10.4. The van der Waals surface area contributed by atoms with Gasteiger partial charge in [-0.3, -0.25) is 4.79 Å². The maximum absolute atomic E-state index is 12.9. The molecule has 0 spiro atoms. The highest BCUT2D eigenvalue weighted by Gasteiger charge is 2.54. The Morgan fingerprint density at radius 1 is 0.879 bits per heavy atom. The molecule has 0 aliphatic carbocycles. The summed E-state index contributed by atoms with van der Waals surface area (Å²) in [5, 5.41) is 0. The maximum Gasteiger partial charge on any atom is 0.338 e. The highest BCUT2D eigenvalue weighted by Crippen LogP contribution is 2.33. The largest absolute Gasteiger partial charge is 0.463 e. The molecule has 1 fully saturated rings. The molecule has 0 unspecified atom stereocenters. The number of carbonyl (C=O) groups is 3. The molecule has 5 atom stereocenters. The first-order chi connectivity index (χ1) is 15.9. The normalized spacial score (nSPS) is 25.8. The average molecular weight is 453 g/mol. The summed E-state index contributed by atoms with van der Waals surface area (Å²) in [7, 11) is 0. The number of ether oxygens (including phenoxy) is 5. The van der Waals surface area contributed by atoms with Crippen LogP contribution in [0.1, 0.15) is 34.6 Å². The summed E-state index contributed by atoms with van der Waals surface area (Å²) in [5.74, 6) is -1.46. The Balaban J connectivity index is 1.65. The molecular weight excluding hydrogens is 430 g/mol. The van der Waals surface area contributed by atoms with Crippen LogP contribution in [0, 0.1) is 0 Å². The number of hydrogen-bond acceptors (Lipinski definition) is 9. The minimum atomic E-state index is -1.11. The molecular formula is C24H23NO8. The van der Waals surface area contributed by atoms with Crippen molar-refractivity contribution in [1.29, 1.82) is 0 Å². The van der Waals surface area contributed by atoms with Crippen LogP contribution in [0.25, 0.3) is 0 Å². The third kappa shape index (κ3) is 5.20. The van der Waals surface area contributed by atoms with Crippen molar-refractivity contribution in [3.63, 3.8) is 0 Å². The van der Waals surface area contributed by atoms with Crippen LogP contribution < -0.4 is 0 Å². The Hall–Kier alpha value is -3.72. The lowest BCUT2D eigenvalue weighted by Crippen LogP contribution is -2.60. The van der Waals surface area contributed by atoms with E-state index in [4.69, 9.17) is 23.7 Å². The van der Waals surface area contributed by atoms with E-state index < -0.39 is 48.6 Å². The smallest absolute Gasteiger partial charge is 0.338 e. The molecule has 9 heteroatoms. The van der Waals surface area contributed by atoms with Gasteiger partial charge in [0.1, 0.15) is 12.7 Å². The average Bonchev–Trinajstić information content (AvgIpc) is 3.20. The van der Waals surface area contributed by atoms with Gasteiger partial charge in [0.25, 0.3) is 0 Å². The fraction of sp³-hybridized carbons (Fsp3) is 0.333. The molecule has 4 rings (SSSR count). The van der Waals surface area contributed by atoms with E-state index in [1.807, 2.05) is 0 Å². The molecule has 0 aromatic heterocycles. The molecule has 2 aliphatic rings. The van der Waals surface area contributed by atoms with Crippen LogP contribution in [0.15, 0.2) is 65.7 Å². The Labute approximate surface area is 190 Å². The zero-order valence-electron chi connectivity index (χ0n) is 18.1. The van der Waals surface area contributed by atoms with Crippen molar-refractivity contribution in [3.8, 4) is 0 Å². The second-order valence-corrected chi connectivity index (χ2v) is 7.57. The molecule has 0 radical (unpaired) electrons. The third-order valence-electron chi connectivity index (χ3n) is 5.19. The molecule has 172 valence electrons. The fourth-order valence-corrected chi connectivity index (χ4v) is 3.68. The number of aliphatic imine (C=N–C) groups is 1. The molecule has 9 nitrogen and oxygen atoms in total. The monoisotopic (exact) mass is 453 g/mol. The van der Waals surface area contributed by atoms with E-state index in [2.05, 4.69) is 4.99 Å². The van der Waals surface area contributed by atoms with Gasteiger partial charge in [0.15, 0.2) is 24.1 Å². The van der Waals surface area contributed by atoms with Gasteiger partial charge in [-0.25, -0.2) is 14.6 Å². The van der Waals surface area contributed by atoms with Gasteiger partial charge in [-0.1, -0.05) is 36.4 Å². The zero-order valence-corrected chi connectivity index (χ0v) is 18.1. The molecule has 0 N–H and O–H groups in total. The van der Waals surface area contributed by atoms with Crippen LogP contribution >= 0.6 is 0 Å². The predicted octanol–water partition coefficient (Wildman–Crippen LogP) is 2.54. The van der Waals surface area contributed by atoms with Crippen LogP contribution in [-0.4, -0.2) is 61.1 Å². The van der Waals surface area contributed by atoms with Gasteiger partial charge in [0.05, 0.1) is 11.1 Å². The Kier molecular flexibility index (Phi) is 6.69. The van der Waals surface area contributed by atoms with Crippen LogP contribution in [-0.2, 0) is 28.5 Å². The minimum Gasteiger partial charge on any atom is -0.463 e. The Bertz CT molecular complexity index is 1040. The highest BCUT2D eigenvalue weighted by atomic mass is 16.7. The van der Waals surface area contributed by atoms with E-state index in [1.165, 1.54) is 6.92 Å². The fourth-order valence-electron chi connectivity index (χ4n) is 3.68. The van der Waals surface area contributed by atoms with E-state index in [1.54, 1.807) is 67.6 Å². The molecule has 2 aromatic rings. The second-order valence-electron chi connectivity index (χ2n) is 7.57. The molecule has 33 heavy (non-hydrogen) atoms. The third-order valence-corrected chi connectivity index (χ3v) is 5.19. The van der Waals surface area contributed by atoms with Crippen molar-refractivity contribution in [2.75, 3.05) is 6.61 Å². The summed E-state index contributed by atoms with van der Waals surface area (Å²) >= 11 is 0. The van der Waals surface area contributed by atoms with Gasteiger partial charge in [0.2, 0.25) is 6.29 Å². The van der Waals surface area contributed by atoms with Crippen molar-refractivity contribution >= 4 is 23.8 Å². The Morgan fingerprint density at radius 2 is 1.42 bits per heavy atom. The predicted molar refractivity (Wildman–Crippen MR) is 115 cm³/mol. The molecule has 0 amide bonds. The number of esters is 3. The summed E-state index contributed by atoms with van der Waals surface area (Å²) in [6, 6.07) is 16.0. The van der Waals surface area contributed by atoms with E-state index in [9.17, 15) is 14.4 Å². The summed E-state index contributed by atoms with van der Waals surface area (Å²) in [6.45, 7) is 2.67. The number of carbonyl (C=O) groups excluding carboxylic acids is 3. The van der Waals surface area contributed by atoms with Crippen molar-refractivity contribution < 1.29 is 38.1 Å². The number of nitrogens with zero attached hydrogens (tertiary/aromatic N) is 1. The molecule has 2 aromatic carbocycles. The summed E-state index contributed by atoms with van der Waals surface area (Å²) < 4.78 is 28.2. The second kappa shape index (κ2) is 9.83. The van der Waals surface area contributed by atoms with Crippen LogP contribution in [0.3, 0.4) is 0 Å².